The van der Waals surface area contributed by atoms with E-state index in [1.54, 1.807) is 0 Å². The van der Waals surface area contributed by atoms with Gasteiger partial charge in [-0.2, -0.15) is 0 Å². The van der Waals surface area contributed by atoms with Crippen molar-refractivity contribution in [2.45, 2.75) is 0 Å². The Morgan fingerprint density at radius 2 is 2.33 bits per heavy atom. The van der Waals surface area contributed by atoms with E-state index in [1.165, 1.54) is 24.4 Å². The summed E-state index contributed by atoms with van der Waals surface area (Å²) < 4.78 is 0. The van der Waals surface area contributed by atoms with Gasteiger partial charge in [-0.25, -0.2) is 0 Å². The summed E-state index contributed by atoms with van der Waals surface area (Å²) in [5.41, 5.74) is 5.46. The van der Waals surface area contributed by atoms with E-state index in [1.807, 2.05) is 0 Å². The average Bonchev–Trinajstić information content (AvgIpc) is 2.20. The van der Waals surface area contributed by atoms with Crippen molar-refractivity contribution >= 4 is 11.9 Å². The second-order valence-corrected chi connectivity index (χ2v) is 2.82. The minimum absolute atomic E-state index is 0.0404. The molecule has 0 unspecified atom stereocenters. The molecule has 0 saturated heterocycles. The summed E-state index contributed by atoms with van der Waals surface area (Å²) in [5, 5.41) is 19.8. The molecule has 0 saturated carbocycles. The Bertz CT molecular complexity index is 390. The molecule has 0 heterocycles. The number of nitro benzene ring substituents is 1. The predicted molar refractivity (Wildman–Crippen MR) is 56.3 cm³/mol. The summed E-state index contributed by atoms with van der Waals surface area (Å²) in [7, 11) is 0. The minimum atomic E-state index is -0.528. The first kappa shape index (κ1) is 11.1. The lowest BCUT2D eigenvalue weighted by Gasteiger charge is -1.98. The molecule has 80 valence electrons. The lowest BCUT2D eigenvalue weighted by atomic mass is 10.2. The van der Waals surface area contributed by atoms with Crippen LogP contribution >= 0.6 is 0 Å². The highest BCUT2D eigenvalue weighted by molar-refractivity contribution is 5.84. The van der Waals surface area contributed by atoms with E-state index in [0.29, 0.717) is 18.7 Å². The molecule has 0 aliphatic rings. The van der Waals surface area contributed by atoms with Crippen LogP contribution in [0.1, 0.15) is 5.56 Å². The molecule has 1 aromatic rings. The third-order valence-electron chi connectivity index (χ3n) is 1.71. The van der Waals surface area contributed by atoms with Gasteiger partial charge in [-0.05, 0) is 6.07 Å². The number of rotatable bonds is 4. The van der Waals surface area contributed by atoms with Crippen molar-refractivity contribution in [2.75, 3.05) is 13.1 Å². The van der Waals surface area contributed by atoms with Crippen molar-refractivity contribution in [1.29, 1.82) is 0 Å². The van der Waals surface area contributed by atoms with E-state index in [4.69, 9.17) is 5.73 Å². The topological polar surface area (TPSA) is 102 Å². The van der Waals surface area contributed by atoms with E-state index >= 15 is 0 Å². The molecule has 0 radical (unpaired) electrons. The first-order valence-electron chi connectivity index (χ1n) is 4.32. The van der Waals surface area contributed by atoms with Gasteiger partial charge in [0, 0.05) is 30.5 Å². The number of nitro groups is 1. The van der Waals surface area contributed by atoms with Crippen molar-refractivity contribution in [2.24, 2.45) is 10.7 Å². The zero-order valence-electron chi connectivity index (χ0n) is 7.96. The molecule has 0 fully saturated rings. The molecular weight excluding hydrogens is 198 g/mol. The molecule has 3 N–H and O–H groups in total. The molecular formula is C9H11N3O3. The van der Waals surface area contributed by atoms with Crippen molar-refractivity contribution in [3.8, 4) is 5.75 Å². The van der Waals surface area contributed by atoms with Gasteiger partial charge in [-0.15, -0.1) is 0 Å². The summed E-state index contributed by atoms with van der Waals surface area (Å²) in [4.78, 5) is 13.8. The van der Waals surface area contributed by atoms with Gasteiger partial charge in [-0.3, -0.25) is 15.1 Å². The van der Waals surface area contributed by atoms with Gasteiger partial charge in [0.05, 0.1) is 11.5 Å². The Balaban J connectivity index is 2.95. The molecule has 0 atom stereocenters. The highest BCUT2D eigenvalue weighted by atomic mass is 16.6. The zero-order chi connectivity index (χ0) is 11.3. The second-order valence-electron chi connectivity index (χ2n) is 2.82. The normalized spacial score (nSPS) is 10.7. The highest BCUT2D eigenvalue weighted by Gasteiger charge is 2.08. The SMILES string of the molecule is NCCN=Cc1cc([N+](=O)[O-])ccc1O. The number of aliphatic imine (C=N–C) groups is 1. The molecule has 15 heavy (non-hydrogen) atoms. The van der Waals surface area contributed by atoms with Crippen LogP contribution < -0.4 is 5.73 Å². The van der Waals surface area contributed by atoms with Crippen LogP contribution in [0.3, 0.4) is 0 Å². The average molecular weight is 209 g/mol. The largest absolute Gasteiger partial charge is 0.507 e. The van der Waals surface area contributed by atoms with Crippen LogP contribution in [0.25, 0.3) is 0 Å². The van der Waals surface area contributed by atoms with Crippen LogP contribution in [0.4, 0.5) is 5.69 Å². The minimum Gasteiger partial charge on any atom is -0.507 e. The maximum absolute atomic E-state index is 10.5. The number of non-ortho nitro benzene ring substituents is 1. The van der Waals surface area contributed by atoms with Crippen LogP contribution in [0, 0.1) is 10.1 Å². The molecule has 6 heteroatoms. The fourth-order valence-corrected chi connectivity index (χ4v) is 0.996. The Hall–Kier alpha value is -1.95. The molecule has 0 bridgehead atoms. The maximum Gasteiger partial charge on any atom is 0.270 e. The number of nitrogens with two attached hydrogens (primary N) is 1. The van der Waals surface area contributed by atoms with Gasteiger partial charge in [0.1, 0.15) is 5.75 Å². The van der Waals surface area contributed by atoms with Gasteiger partial charge in [0.15, 0.2) is 0 Å². The van der Waals surface area contributed by atoms with E-state index in [9.17, 15) is 15.2 Å². The summed E-state index contributed by atoms with van der Waals surface area (Å²) in [6, 6.07) is 3.76. The van der Waals surface area contributed by atoms with Crippen molar-refractivity contribution in [3.05, 3.63) is 33.9 Å². The second kappa shape index (κ2) is 5.06. The van der Waals surface area contributed by atoms with E-state index < -0.39 is 4.92 Å². The van der Waals surface area contributed by atoms with Crippen LogP contribution in [0.15, 0.2) is 23.2 Å². The first-order valence-corrected chi connectivity index (χ1v) is 4.32. The van der Waals surface area contributed by atoms with Gasteiger partial charge in [0.25, 0.3) is 5.69 Å². The van der Waals surface area contributed by atoms with Crippen molar-refractivity contribution in [3.63, 3.8) is 0 Å². The monoisotopic (exact) mass is 209 g/mol. The fourth-order valence-electron chi connectivity index (χ4n) is 0.996. The maximum atomic E-state index is 10.5. The number of hydrogen-bond donors (Lipinski definition) is 2. The molecule has 0 aliphatic heterocycles. The number of phenolic OH excluding ortho intramolecular Hbond substituents is 1. The van der Waals surface area contributed by atoms with Gasteiger partial charge in [-0.1, -0.05) is 0 Å². The molecule has 1 rings (SSSR count). The standard InChI is InChI=1S/C9H11N3O3/c10-3-4-11-6-7-5-8(12(14)15)1-2-9(7)13/h1-2,5-6,13H,3-4,10H2. The van der Waals surface area contributed by atoms with E-state index in [0.717, 1.165) is 0 Å². The number of benzene rings is 1. The summed E-state index contributed by atoms with van der Waals surface area (Å²) in [6.45, 7) is 0.814. The van der Waals surface area contributed by atoms with Gasteiger partial charge >= 0.3 is 0 Å². The van der Waals surface area contributed by atoms with Crippen LogP contribution in [-0.4, -0.2) is 29.3 Å². The quantitative estimate of drug-likeness (QED) is 0.432. The fraction of sp³-hybridized carbons (Fsp3) is 0.222. The van der Waals surface area contributed by atoms with Crippen LogP contribution in [-0.2, 0) is 0 Å². The number of nitrogens with zero attached hydrogens (tertiary/aromatic N) is 2. The van der Waals surface area contributed by atoms with E-state index in [-0.39, 0.29) is 11.4 Å². The smallest absolute Gasteiger partial charge is 0.270 e. The Kier molecular flexibility index (Phi) is 3.75. The molecule has 0 aliphatic carbocycles. The number of hydrogen-bond acceptors (Lipinski definition) is 5. The van der Waals surface area contributed by atoms with Gasteiger partial charge < -0.3 is 10.8 Å². The lowest BCUT2D eigenvalue weighted by Crippen LogP contribution is -2.02. The molecule has 0 spiro atoms. The highest BCUT2D eigenvalue weighted by Crippen LogP contribution is 2.21. The van der Waals surface area contributed by atoms with Crippen LogP contribution in [0.2, 0.25) is 0 Å². The Morgan fingerprint density at radius 3 is 2.93 bits per heavy atom. The summed E-state index contributed by atoms with van der Waals surface area (Å²) in [5.74, 6) is -0.0404. The third kappa shape index (κ3) is 3.03. The van der Waals surface area contributed by atoms with E-state index in [2.05, 4.69) is 4.99 Å². The van der Waals surface area contributed by atoms with Crippen LogP contribution in [0.5, 0.6) is 5.75 Å². The molecule has 0 aromatic heterocycles. The number of phenols is 1. The lowest BCUT2D eigenvalue weighted by molar-refractivity contribution is -0.384. The Morgan fingerprint density at radius 1 is 1.60 bits per heavy atom. The molecule has 6 nitrogen and oxygen atoms in total. The summed E-state index contributed by atoms with van der Waals surface area (Å²) >= 11 is 0. The Labute approximate surface area is 86.2 Å². The van der Waals surface area contributed by atoms with Crippen molar-refractivity contribution in [1.82, 2.24) is 0 Å². The predicted octanol–water partition coefficient (Wildman–Crippen LogP) is 0.678. The molecule has 0 amide bonds. The zero-order valence-corrected chi connectivity index (χ0v) is 7.96. The molecule has 1 aromatic carbocycles. The van der Waals surface area contributed by atoms with Gasteiger partial charge in [0.2, 0.25) is 0 Å². The number of aromatic hydroxyl groups is 1. The first-order chi connectivity index (χ1) is 7.15. The third-order valence-corrected chi connectivity index (χ3v) is 1.71. The summed E-state index contributed by atoms with van der Waals surface area (Å²) in [6.07, 6.45) is 1.37. The van der Waals surface area contributed by atoms with Crippen molar-refractivity contribution < 1.29 is 10.0 Å².